The molecule has 0 aromatic heterocycles. The number of phenolic OH excluding ortho intramolecular Hbond substituents is 1. The second kappa shape index (κ2) is 7.17. The summed E-state index contributed by atoms with van der Waals surface area (Å²) >= 11 is 2.05. The van der Waals surface area contributed by atoms with E-state index in [9.17, 15) is 5.11 Å². The Kier molecular flexibility index (Phi) is 5.55. The third kappa shape index (κ3) is 4.41. The lowest BCUT2D eigenvalue weighted by Gasteiger charge is -2.26. The van der Waals surface area contributed by atoms with Crippen LogP contribution < -0.4 is 5.32 Å². The molecule has 0 atom stereocenters. The van der Waals surface area contributed by atoms with Crippen molar-refractivity contribution in [2.45, 2.75) is 20.4 Å². The standard InChI is InChI=1S/C15H24N2OS/c1-12-9-14(10-13(2)15(12)18)11-16-3-4-17-5-7-19-8-6-17/h9-10,16,18H,3-8,11H2,1-2H3. The van der Waals surface area contributed by atoms with Gasteiger partial charge in [-0.15, -0.1) is 0 Å². The summed E-state index contributed by atoms with van der Waals surface area (Å²) in [6.45, 7) is 9.41. The number of nitrogens with zero attached hydrogens (tertiary/aromatic N) is 1. The average molecular weight is 280 g/mol. The van der Waals surface area contributed by atoms with Crippen molar-refractivity contribution in [3.8, 4) is 5.75 Å². The van der Waals surface area contributed by atoms with Crippen LogP contribution >= 0.6 is 11.8 Å². The lowest BCUT2D eigenvalue weighted by atomic mass is 10.1. The molecule has 0 saturated carbocycles. The number of rotatable bonds is 5. The van der Waals surface area contributed by atoms with Crippen LogP contribution in [0.15, 0.2) is 12.1 Å². The van der Waals surface area contributed by atoms with Crippen molar-refractivity contribution in [2.24, 2.45) is 0 Å². The third-order valence-electron chi connectivity index (χ3n) is 3.59. The molecule has 1 heterocycles. The summed E-state index contributed by atoms with van der Waals surface area (Å²) in [5.74, 6) is 2.97. The number of hydrogen-bond donors (Lipinski definition) is 2. The summed E-state index contributed by atoms with van der Waals surface area (Å²) in [5.41, 5.74) is 3.18. The molecule has 1 aromatic rings. The second-order valence-corrected chi connectivity index (χ2v) is 6.43. The molecule has 0 spiro atoms. The quantitative estimate of drug-likeness (QED) is 0.810. The van der Waals surface area contributed by atoms with Gasteiger partial charge in [0, 0.05) is 44.2 Å². The van der Waals surface area contributed by atoms with Crippen LogP contribution in [0.5, 0.6) is 5.75 Å². The summed E-state index contributed by atoms with van der Waals surface area (Å²) in [6, 6.07) is 4.12. The van der Waals surface area contributed by atoms with Crippen LogP contribution in [0.4, 0.5) is 0 Å². The van der Waals surface area contributed by atoms with Crippen LogP contribution in [0, 0.1) is 13.8 Å². The summed E-state index contributed by atoms with van der Waals surface area (Å²) in [5, 5.41) is 13.2. The van der Waals surface area contributed by atoms with Crippen LogP contribution in [-0.2, 0) is 6.54 Å². The van der Waals surface area contributed by atoms with Crippen molar-refractivity contribution in [1.82, 2.24) is 10.2 Å². The first kappa shape index (κ1) is 14.7. The van der Waals surface area contributed by atoms with Crippen LogP contribution in [0.1, 0.15) is 16.7 Å². The van der Waals surface area contributed by atoms with E-state index in [2.05, 4.69) is 34.1 Å². The van der Waals surface area contributed by atoms with E-state index in [1.807, 2.05) is 13.8 Å². The minimum Gasteiger partial charge on any atom is -0.507 e. The minimum atomic E-state index is 0.426. The largest absolute Gasteiger partial charge is 0.507 e. The molecule has 0 unspecified atom stereocenters. The monoisotopic (exact) mass is 280 g/mol. The Hall–Kier alpha value is -0.710. The normalized spacial score (nSPS) is 16.7. The Morgan fingerprint density at radius 3 is 2.47 bits per heavy atom. The second-order valence-electron chi connectivity index (χ2n) is 5.21. The van der Waals surface area contributed by atoms with Gasteiger partial charge < -0.3 is 15.3 Å². The van der Waals surface area contributed by atoms with Crippen molar-refractivity contribution in [3.05, 3.63) is 28.8 Å². The molecule has 1 saturated heterocycles. The maximum atomic E-state index is 9.74. The third-order valence-corrected chi connectivity index (χ3v) is 4.53. The van der Waals surface area contributed by atoms with Gasteiger partial charge in [0.05, 0.1) is 0 Å². The topological polar surface area (TPSA) is 35.5 Å². The lowest BCUT2D eigenvalue weighted by Crippen LogP contribution is -2.37. The van der Waals surface area contributed by atoms with Crippen LogP contribution in [0.3, 0.4) is 0 Å². The van der Waals surface area contributed by atoms with Crippen molar-refractivity contribution >= 4 is 11.8 Å². The van der Waals surface area contributed by atoms with Gasteiger partial charge in [0.2, 0.25) is 0 Å². The molecule has 0 amide bonds. The molecular formula is C15H24N2OS. The van der Waals surface area contributed by atoms with E-state index in [1.54, 1.807) is 0 Å². The minimum absolute atomic E-state index is 0.426. The molecule has 0 aliphatic carbocycles. The number of phenols is 1. The lowest BCUT2D eigenvalue weighted by molar-refractivity contribution is 0.301. The van der Waals surface area contributed by atoms with Gasteiger partial charge in [-0.25, -0.2) is 0 Å². The van der Waals surface area contributed by atoms with E-state index >= 15 is 0 Å². The fourth-order valence-corrected chi connectivity index (χ4v) is 3.42. The zero-order valence-corrected chi connectivity index (χ0v) is 12.7. The van der Waals surface area contributed by atoms with E-state index in [1.165, 1.54) is 30.2 Å². The predicted molar refractivity (Wildman–Crippen MR) is 83.1 cm³/mol. The van der Waals surface area contributed by atoms with E-state index in [4.69, 9.17) is 0 Å². The number of aryl methyl sites for hydroxylation is 2. The Labute approximate surface area is 120 Å². The van der Waals surface area contributed by atoms with E-state index in [0.717, 1.165) is 30.8 Å². The van der Waals surface area contributed by atoms with Crippen molar-refractivity contribution in [1.29, 1.82) is 0 Å². The predicted octanol–water partition coefficient (Wildman–Crippen LogP) is 2.15. The fourth-order valence-electron chi connectivity index (χ4n) is 2.44. The Morgan fingerprint density at radius 1 is 1.21 bits per heavy atom. The number of hydrogen-bond acceptors (Lipinski definition) is 4. The highest BCUT2D eigenvalue weighted by Gasteiger charge is 2.09. The highest BCUT2D eigenvalue weighted by atomic mass is 32.2. The molecule has 0 radical (unpaired) electrons. The van der Waals surface area contributed by atoms with Crippen molar-refractivity contribution < 1.29 is 5.11 Å². The molecule has 1 aliphatic rings. The molecule has 4 heteroatoms. The molecule has 2 N–H and O–H groups in total. The molecule has 3 nitrogen and oxygen atoms in total. The highest BCUT2D eigenvalue weighted by molar-refractivity contribution is 7.99. The molecule has 106 valence electrons. The van der Waals surface area contributed by atoms with Gasteiger partial charge in [0.25, 0.3) is 0 Å². The molecule has 19 heavy (non-hydrogen) atoms. The van der Waals surface area contributed by atoms with Gasteiger partial charge in [-0.2, -0.15) is 11.8 Å². The smallest absolute Gasteiger partial charge is 0.121 e. The van der Waals surface area contributed by atoms with E-state index in [0.29, 0.717) is 5.75 Å². The van der Waals surface area contributed by atoms with Crippen LogP contribution in [0.2, 0.25) is 0 Å². The molecule has 1 aliphatic heterocycles. The van der Waals surface area contributed by atoms with Gasteiger partial charge >= 0.3 is 0 Å². The Balaban J connectivity index is 1.73. The van der Waals surface area contributed by atoms with Gasteiger partial charge in [-0.05, 0) is 30.5 Å². The average Bonchev–Trinajstić information content (AvgIpc) is 2.42. The maximum absolute atomic E-state index is 9.74. The van der Waals surface area contributed by atoms with Gasteiger partial charge in [0.1, 0.15) is 5.75 Å². The van der Waals surface area contributed by atoms with Crippen molar-refractivity contribution in [2.75, 3.05) is 37.7 Å². The van der Waals surface area contributed by atoms with Gasteiger partial charge in [0.15, 0.2) is 0 Å². The van der Waals surface area contributed by atoms with Crippen LogP contribution in [0.25, 0.3) is 0 Å². The first-order valence-electron chi connectivity index (χ1n) is 6.97. The first-order valence-corrected chi connectivity index (χ1v) is 8.12. The molecule has 1 aromatic carbocycles. The SMILES string of the molecule is Cc1cc(CNCCN2CCSCC2)cc(C)c1O. The van der Waals surface area contributed by atoms with E-state index in [-0.39, 0.29) is 0 Å². The number of nitrogens with one attached hydrogen (secondary N) is 1. The van der Waals surface area contributed by atoms with E-state index < -0.39 is 0 Å². The number of benzene rings is 1. The zero-order valence-electron chi connectivity index (χ0n) is 11.9. The van der Waals surface area contributed by atoms with Gasteiger partial charge in [-0.3, -0.25) is 0 Å². The number of thioether (sulfide) groups is 1. The number of aromatic hydroxyl groups is 1. The molecule has 1 fully saturated rings. The highest BCUT2D eigenvalue weighted by Crippen LogP contribution is 2.22. The zero-order chi connectivity index (χ0) is 13.7. The van der Waals surface area contributed by atoms with Crippen molar-refractivity contribution in [3.63, 3.8) is 0 Å². The molecular weight excluding hydrogens is 256 g/mol. The maximum Gasteiger partial charge on any atom is 0.121 e. The molecule has 0 bridgehead atoms. The summed E-state index contributed by atoms with van der Waals surface area (Å²) in [7, 11) is 0. The Bertz CT molecular complexity index is 394. The summed E-state index contributed by atoms with van der Waals surface area (Å²) in [4.78, 5) is 2.52. The Morgan fingerprint density at radius 2 is 1.84 bits per heavy atom. The van der Waals surface area contributed by atoms with Gasteiger partial charge in [-0.1, -0.05) is 12.1 Å². The first-order chi connectivity index (χ1) is 9.16. The summed E-state index contributed by atoms with van der Waals surface area (Å²) < 4.78 is 0. The van der Waals surface area contributed by atoms with Crippen LogP contribution in [-0.4, -0.2) is 47.7 Å². The fraction of sp³-hybridized carbons (Fsp3) is 0.600. The molecule has 2 rings (SSSR count). The summed E-state index contributed by atoms with van der Waals surface area (Å²) in [6.07, 6.45) is 0.